The Labute approximate surface area is 116 Å². The number of rotatable bonds is 7. The number of carbonyl (C=O) groups excluding carboxylic acids is 1. The van der Waals surface area contributed by atoms with E-state index in [2.05, 4.69) is 0 Å². The molecule has 1 rings (SSSR count). The van der Waals surface area contributed by atoms with Gasteiger partial charge in [-0.05, 0) is 20.8 Å². The number of carbonyl (C=O) groups is 1. The van der Waals surface area contributed by atoms with Gasteiger partial charge in [0.25, 0.3) is 0 Å². The van der Waals surface area contributed by atoms with Crippen molar-refractivity contribution >= 4 is 11.7 Å². The molecule has 0 fully saturated rings. The quantitative estimate of drug-likeness (QED) is 0.434. The minimum atomic E-state index is -0.665. The molecule has 0 saturated heterocycles. The molecular formula is C13H17NO6. The minimum absolute atomic E-state index is 0.0175. The van der Waals surface area contributed by atoms with E-state index >= 15 is 0 Å². The monoisotopic (exact) mass is 283 g/mol. The molecule has 0 N–H and O–H groups in total. The molecule has 0 bridgehead atoms. The van der Waals surface area contributed by atoms with E-state index in [1.807, 2.05) is 0 Å². The predicted molar refractivity (Wildman–Crippen MR) is 71.4 cm³/mol. The van der Waals surface area contributed by atoms with Crippen LogP contribution in [0.4, 0.5) is 5.69 Å². The number of hydrogen-bond acceptors (Lipinski definition) is 6. The van der Waals surface area contributed by atoms with Crippen LogP contribution in [0.1, 0.15) is 31.1 Å². The molecular weight excluding hydrogens is 266 g/mol. The third-order valence-corrected chi connectivity index (χ3v) is 2.35. The summed E-state index contributed by atoms with van der Waals surface area (Å²) in [5.41, 5.74) is -0.276. The molecule has 7 nitrogen and oxygen atoms in total. The van der Waals surface area contributed by atoms with Crippen LogP contribution in [-0.4, -0.2) is 30.7 Å². The largest absolute Gasteiger partial charge is 0.493 e. The van der Waals surface area contributed by atoms with E-state index in [1.54, 1.807) is 20.8 Å². The van der Waals surface area contributed by atoms with Crippen LogP contribution in [0, 0.1) is 10.1 Å². The molecule has 0 amide bonds. The van der Waals surface area contributed by atoms with Gasteiger partial charge < -0.3 is 14.2 Å². The van der Waals surface area contributed by atoms with Crippen LogP contribution >= 0.6 is 0 Å². The van der Waals surface area contributed by atoms with E-state index in [0.717, 1.165) is 6.07 Å². The Bertz CT molecular complexity index is 500. The van der Waals surface area contributed by atoms with Crippen LogP contribution in [0.2, 0.25) is 0 Å². The fraction of sp³-hybridized carbons (Fsp3) is 0.462. The number of nitro groups is 1. The number of benzene rings is 1. The molecule has 0 unspecified atom stereocenters. The van der Waals surface area contributed by atoms with Gasteiger partial charge in [0, 0.05) is 12.1 Å². The Morgan fingerprint density at radius 2 is 1.70 bits per heavy atom. The van der Waals surface area contributed by atoms with E-state index in [9.17, 15) is 14.9 Å². The maximum Gasteiger partial charge on any atom is 0.342 e. The van der Waals surface area contributed by atoms with Gasteiger partial charge in [0.05, 0.1) is 24.7 Å². The molecule has 1 aromatic rings. The molecule has 0 aromatic heterocycles. The maximum atomic E-state index is 11.8. The lowest BCUT2D eigenvalue weighted by Gasteiger charge is -2.12. The van der Waals surface area contributed by atoms with Crippen molar-refractivity contribution in [2.75, 3.05) is 19.8 Å². The number of ether oxygens (including phenoxy) is 3. The van der Waals surface area contributed by atoms with Gasteiger partial charge in [0.15, 0.2) is 0 Å². The van der Waals surface area contributed by atoms with Crippen molar-refractivity contribution in [3.63, 3.8) is 0 Å². The van der Waals surface area contributed by atoms with Crippen molar-refractivity contribution in [1.82, 2.24) is 0 Å². The number of nitro benzene ring substituents is 1. The topological polar surface area (TPSA) is 87.9 Å². The van der Waals surface area contributed by atoms with Crippen molar-refractivity contribution in [3.05, 3.63) is 27.8 Å². The normalized spacial score (nSPS) is 9.95. The van der Waals surface area contributed by atoms with Crippen molar-refractivity contribution in [2.24, 2.45) is 0 Å². The zero-order valence-corrected chi connectivity index (χ0v) is 11.7. The van der Waals surface area contributed by atoms with Crippen molar-refractivity contribution in [3.8, 4) is 11.5 Å². The highest BCUT2D eigenvalue weighted by Gasteiger charge is 2.24. The van der Waals surface area contributed by atoms with Gasteiger partial charge >= 0.3 is 11.7 Å². The van der Waals surface area contributed by atoms with E-state index in [1.165, 1.54) is 6.07 Å². The average Bonchev–Trinajstić information content (AvgIpc) is 2.39. The summed E-state index contributed by atoms with van der Waals surface area (Å²) in [5.74, 6) is -0.393. The van der Waals surface area contributed by atoms with Crippen LogP contribution in [0.15, 0.2) is 12.1 Å². The Morgan fingerprint density at radius 1 is 1.10 bits per heavy atom. The second kappa shape index (κ2) is 7.32. The first-order chi connectivity index (χ1) is 9.54. The van der Waals surface area contributed by atoms with Crippen LogP contribution in [0.25, 0.3) is 0 Å². The lowest BCUT2D eigenvalue weighted by Crippen LogP contribution is -2.09. The highest BCUT2D eigenvalue weighted by molar-refractivity contribution is 5.94. The second-order valence-corrected chi connectivity index (χ2v) is 3.66. The van der Waals surface area contributed by atoms with Crippen LogP contribution in [0.5, 0.6) is 11.5 Å². The Balaban J connectivity index is 3.36. The van der Waals surface area contributed by atoms with Gasteiger partial charge in [-0.1, -0.05) is 0 Å². The molecule has 110 valence electrons. The number of hydrogen-bond donors (Lipinski definition) is 0. The SMILES string of the molecule is CCOC(=O)c1cc([N+](=O)[O-])c(OCC)cc1OCC. The third-order valence-electron chi connectivity index (χ3n) is 2.35. The fourth-order valence-corrected chi connectivity index (χ4v) is 1.61. The molecule has 20 heavy (non-hydrogen) atoms. The van der Waals surface area contributed by atoms with Crippen LogP contribution in [0.3, 0.4) is 0 Å². The molecule has 0 radical (unpaired) electrons. The van der Waals surface area contributed by atoms with E-state index in [-0.39, 0.29) is 36.0 Å². The second-order valence-electron chi connectivity index (χ2n) is 3.66. The van der Waals surface area contributed by atoms with Gasteiger partial charge in [-0.15, -0.1) is 0 Å². The first-order valence-electron chi connectivity index (χ1n) is 6.30. The van der Waals surface area contributed by atoms with E-state index < -0.39 is 10.9 Å². The summed E-state index contributed by atoms with van der Waals surface area (Å²) in [6.07, 6.45) is 0. The number of nitrogens with zero attached hydrogens (tertiary/aromatic N) is 1. The fourth-order valence-electron chi connectivity index (χ4n) is 1.61. The summed E-state index contributed by atoms with van der Waals surface area (Å²) in [5, 5.41) is 11.0. The summed E-state index contributed by atoms with van der Waals surface area (Å²) in [6.45, 7) is 5.87. The van der Waals surface area contributed by atoms with Crippen molar-refractivity contribution in [2.45, 2.75) is 20.8 Å². The van der Waals surface area contributed by atoms with E-state index in [0.29, 0.717) is 6.61 Å². The highest BCUT2D eigenvalue weighted by Crippen LogP contribution is 2.35. The van der Waals surface area contributed by atoms with Crippen molar-refractivity contribution < 1.29 is 23.9 Å². The Morgan fingerprint density at radius 3 is 2.20 bits per heavy atom. The molecule has 0 aliphatic rings. The van der Waals surface area contributed by atoms with Crippen LogP contribution in [-0.2, 0) is 4.74 Å². The molecule has 0 aliphatic carbocycles. The van der Waals surface area contributed by atoms with Gasteiger partial charge in [0.2, 0.25) is 5.75 Å². The summed E-state index contributed by atoms with van der Waals surface area (Å²) < 4.78 is 15.4. The third kappa shape index (κ3) is 3.59. The van der Waals surface area contributed by atoms with Gasteiger partial charge in [-0.3, -0.25) is 10.1 Å². The maximum absolute atomic E-state index is 11.8. The summed E-state index contributed by atoms with van der Waals surface area (Å²) in [6, 6.07) is 2.46. The standard InChI is InChI=1S/C13H17NO6/c1-4-18-11-8-12(19-5-2)10(14(16)17)7-9(11)13(15)20-6-3/h7-8H,4-6H2,1-3H3. The summed E-state index contributed by atoms with van der Waals surface area (Å²) in [7, 11) is 0. The molecule has 7 heteroatoms. The van der Waals surface area contributed by atoms with Gasteiger partial charge in [-0.2, -0.15) is 0 Å². The summed E-state index contributed by atoms with van der Waals surface area (Å²) >= 11 is 0. The molecule has 0 heterocycles. The molecule has 1 aromatic carbocycles. The number of esters is 1. The zero-order valence-electron chi connectivity index (χ0n) is 11.7. The van der Waals surface area contributed by atoms with Crippen LogP contribution < -0.4 is 9.47 Å². The lowest BCUT2D eigenvalue weighted by atomic mass is 10.1. The summed E-state index contributed by atoms with van der Waals surface area (Å²) in [4.78, 5) is 22.2. The Hall–Kier alpha value is -2.31. The van der Waals surface area contributed by atoms with Gasteiger partial charge in [0.1, 0.15) is 11.3 Å². The Kier molecular flexibility index (Phi) is 5.76. The highest BCUT2D eigenvalue weighted by atomic mass is 16.6. The molecule has 0 aliphatic heterocycles. The van der Waals surface area contributed by atoms with Gasteiger partial charge in [-0.25, -0.2) is 4.79 Å². The smallest absolute Gasteiger partial charge is 0.342 e. The van der Waals surface area contributed by atoms with Crippen molar-refractivity contribution in [1.29, 1.82) is 0 Å². The average molecular weight is 283 g/mol. The lowest BCUT2D eigenvalue weighted by molar-refractivity contribution is -0.385. The molecule has 0 saturated carbocycles. The van der Waals surface area contributed by atoms with E-state index in [4.69, 9.17) is 14.2 Å². The minimum Gasteiger partial charge on any atom is -0.493 e. The first kappa shape index (κ1) is 15.7. The first-order valence-corrected chi connectivity index (χ1v) is 6.30. The molecule has 0 atom stereocenters. The molecule has 0 spiro atoms. The predicted octanol–water partition coefficient (Wildman–Crippen LogP) is 2.57. The zero-order chi connectivity index (χ0) is 15.1.